The summed E-state index contributed by atoms with van der Waals surface area (Å²) in [6, 6.07) is 1.46. The zero-order valence-corrected chi connectivity index (χ0v) is 17.6. The predicted molar refractivity (Wildman–Crippen MR) is 111 cm³/mol. The number of nitrogens with zero attached hydrogens (tertiary/aromatic N) is 1. The van der Waals surface area contributed by atoms with E-state index in [1.807, 2.05) is 0 Å². The Bertz CT molecular complexity index is 1320. The normalized spacial score (nSPS) is 27.2. The summed E-state index contributed by atoms with van der Waals surface area (Å²) >= 11 is 1.24. The summed E-state index contributed by atoms with van der Waals surface area (Å²) in [6.07, 6.45) is -0.405. The van der Waals surface area contributed by atoms with Gasteiger partial charge >= 0.3 is 5.69 Å². The van der Waals surface area contributed by atoms with Crippen molar-refractivity contribution in [3.05, 3.63) is 52.8 Å². The molecule has 0 aromatic carbocycles. The molecule has 2 aromatic rings. The van der Waals surface area contributed by atoms with Crippen molar-refractivity contribution in [1.82, 2.24) is 9.55 Å². The summed E-state index contributed by atoms with van der Waals surface area (Å²) in [5, 5.41) is 9.90. The number of aromatic amines is 1. The molecule has 3 atom stereocenters. The van der Waals surface area contributed by atoms with Crippen LogP contribution < -0.4 is 27.6 Å². The molecule has 4 N–H and O–H groups in total. The molecule has 166 valence electrons. The molecule has 3 aliphatic rings. The summed E-state index contributed by atoms with van der Waals surface area (Å²) in [5.74, 6) is -5.25. The Morgan fingerprint density at radius 2 is 2.06 bits per heavy atom. The van der Waals surface area contributed by atoms with Crippen LogP contribution >= 0.6 is 11.3 Å². The molecule has 6 nitrogen and oxygen atoms in total. The van der Waals surface area contributed by atoms with Gasteiger partial charge < -0.3 is 10.8 Å². The number of rotatable bonds is 3. The van der Waals surface area contributed by atoms with Crippen LogP contribution in [0.5, 0.6) is 0 Å². The maximum Gasteiger partial charge on any atom is 0.329 e. The Kier molecular flexibility index (Phi) is 4.53. The fraction of sp³-hybridized carbons (Fsp3) is 0.524. The van der Waals surface area contributed by atoms with E-state index in [4.69, 9.17) is 5.73 Å². The number of nitrogens with one attached hydrogen (secondary N) is 1. The second kappa shape index (κ2) is 6.83. The van der Waals surface area contributed by atoms with E-state index in [2.05, 4.69) is 4.98 Å². The summed E-state index contributed by atoms with van der Waals surface area (Å²) in [7, 11) is 0. The molecule has 2 heterocycles. The van der Waals surface area contributed by atoms with Crippen LogP contribution in [0, 0.1) is 0 Å². The third-order valence-corrected chi connectivity index (χ3v) is 7.99. The van der Waals surface area contributed by atoms with Crippen LogP contribution in [0.2, 0.25) is 0 Å². The number of fused-ring (bicyclic) bond motifs is 2. The lowest BCUT2D eigenvalue weighted by Crippen LogP contribution is -2.59. The van der Waals surface area contributed by atoms with E-state index in [1.54, 1.807) is 13.0 Å². The average Bonchev–Trinajstić information content (AvgIpc) is 3.44. The minimum absolute atomic E-state index is 0.0196. The lowest BCUT2D eigenvalue weighted by Gasteiger charge is -2.30. The van der Waals surface area contributed by atoms with Crippen molar-refractivity contribution in [2.45, 2.75) is 62.6 Å². The van der Waals surface area contributed by atoms with Crippen LogP contribution in [0.25, 0.3) is 11.3 Å². The van der Waals surface area contributed by atoms with Gasteiger partial charge in [-0.1, -0.05) is 0 Å². The molecule has 1 saturated carbocycles. The van der Waals surface area contributed by atoms with Crippen molar-refractivity contribution in [1.29, 1.82) is 0 Å². The smallest absolute Gasteiger partial charge is 0.329 e. The van der Waals surface area contributed by atoms with E-state index in [0.29, 0.717) is 26.2 Å². The lowest BCUT2D eigenvalue weighted by atomic mass is 9.82. The number of aliphatic hydroxyl groups is 1. The van der Waals surface area contributed by atoms with Gasteiger partial charge in [0.1, 0.15) is 0 Å². The molecular formula is C21H22F3N3O3S. The van der Waals surface area contributed by atoms with Crippen LogP contribution in [0.15, 0.2) is 15.7 Å². The SMILES string of the molecule is CC1=c2c(c(=O)[nH]c(=O)n2C2CC2)=C(N)C(F)C1c1cc2c(s1)CCC(F)(F)C2CO. The highest BCUT2D eigenvalue weighted by atomic mass is 32.1. The summed E-state index contributed by atoms with van der Waals surface area (Å²) in [4.78, 5) is 28.5. The quantitative estimate of drug-likeness (QED) is 0.645. The molecular weight excluding hydrogens is 431 g/mol. The molecule has 0 saturated heterocycles. The van der Waals surface area contributed by atoms with Crippen LogP contribution in [0.3, 0.4) is 0 Å². The molecule has 3 aliphatic carbocycles. The molecule has 2 aromatic heterocycles. The third-order valence-electron chi connectivity index (χ3n) is 6.70. The number of alkyl halides is 3. The number of nitrogens with two attached hydrogens (primary N) is 1. The summed E-state index contributed by atoms with van der Waals surface area (Å²) in [6.45, 7) is 0.966. The highest BCUT2D eigenvalue weighted by molar-refractivity contribution is 7.12. The average molecular weight is 453 g/mol. The third kappa shape index (κ3) is 2.95. The van der Waals surface area contributed by atoms with E-state index < -0.39 is 41.8 Å². The Labute approximate surface area is 178 Å². The number of halogens is 3. The standard InChI is InChI=1S/C21H22F3N3O3S/c1-8-14(13-6-10-11(7-28)21(23,24)5-4-12(10)31-13)16(22)17(25)15-18(8)27(9-2-3-9)20(30)26-19(15)29/h6,9,11,14,16,28H,2-5,7,25H2,1H3,(H,26,29,30). The van der Waals surface area contributed by atoms with Crippen LogP contribution in [0.1, 0.15) is 59.4 Å². The van der Waals surface area contributed by atoms with Gasteiger partial charge in [-0.05, 0) is 43.4 Å². The Morgan fingerprint density at radius 3 is 2.71 bits per heavy atom. The van der Waals surface area contributed by atoms with Crippen molar-refractivity contribution >= 4 is 22.6 Å². The predicted octanol–water partition coefficient (Wildman–Crippen LogP) is 0.963. The number of hydrogen-bond acceptors (Lipinski definition) is 5. The first-order chi connectivity index (χ1) is 14.7. The highest BCUT2D eigenvalue weighted by Crippen LogP contribution is 2.48. The van der Waals surface area contributed by atoms with Crippen molar-refractivity contribution in [2.24, 2.45) is 5.73 Å². The van der Waals surface area contributed by atoms with Crippen molar-refractivity contribution in [3.63, 3.8) is 0 Å². The Hall–Kier alpha value is -2.33. The molecule has 0 radical (unpaired) electrons. The summed E-state index contributed by atoms with van der Waals surface area (Å²) in [5.41, 5.74) is 5.37. The Morgan fingerprint density at radius 1 is 1.35 bits per heavy atom. The van der Waals surface area contributed by atoms with Gasteiger partial charge in [0, 0.05) is 22.2 Å². The zero-order chi connectivity index (χ0) is 22.2. The first kappa shape index (κ1) is 20.6. The molecule has 0 bridgehead atoms. The number of thiophene rings is 1. The van der Waals surface area contributed by atoms with Gasteiger partial charge in [0.25, 0.3) is 11.5 Å². The van der Waals surface area contributed by atoms with E-state index in [0.717, 1.165) is 12.8 Å². The maximum atomic E-state index is 15.6. The largest absolute Gasteiger partial charge is 0.399 e. The van der Waals surface area contributed by atoms with E-state index >= 15 is 4.39 Å². The van der Waals surface area contributed by atoms with Crippen molar-refractivity contribution in [2.75, 3.05) is 6.61 Å². The van der Waals surface area contributed by atoms with Crippen LogP contribution in [0.4, 0.5) is 13.2 Å². The van der Waals surface area contributed by atoms with E-state index in [1.165, 1.54) is 15.9 Å². The maximum absolute atomic E-state index is 15.6. The van der Waals surface area contributed by atoms with E-state index in [9.17, 15) is 23.5 Å². The van der Waals surface area contributed by atoms with Gasteiger partial charge in [0.15, 0.2) is 6.17 Å². The van der Waals surface area contributed by atoms with Gasteiger partial charge in [0.05, 0.1) is 34.7 Å². The number of H-pyrrole nitrogens is 1. The molecule has 0 amide bonds. The van der Waals surface area contributed by atoms with Crippen LogP contribution in [-0.4, -0.2) is 33.4 Å². The second-order valence-electron chi connectivity index (χ2n) is 8.63. The lowest BCUT2D eigenvalue weighted by molar-refractivity contribution is -0.0555. The van der Waals surface area contributed by atoms with Gasteiger partial charge in [-0.25, -0.2) is 18.0 Å². The minimum atomic E-state index is -3.03. The van der Waals surface area contributed by atoms with Crippen LogP contribution in [-0.2, 0) is 6.42 Å². The number of aromatic nitrogens is 2. The van der Waals surface area contributed by atoms with Gasteiger partial charge in [-0.15, -0.1) is 11.3 Å². The topological polar surface area (TPSA) is 101 Å². The minimum Gasteiger partial charge on any atom is -0.399 e. The fourth-order valence-corrected chi connectivity index (χ4v) is 6.37. The molecule has 3 unspecified atom stereocenters. The van der Waals surface area contributed by atoms with Gasteiger partial charge in [-0.2, -0.15) is 0 Å². The second-order valence-corrected chi connectivity index (χ2v) is 9.79. The Balaban J connectivity index is 1.75. The van der Waals surface area contributed by atoms with Crippen molar-refractivity contribution < 1.29 is 18.3 Å². The van der Waals surface area contributed by atoms with Gasteiger partial charge in [0.2, 0.25) is 0 Å². The van der Waals surface area contributed by atoms with Crippen molar-refractivity contribution in [3.8, 4) is 0 Å². The molecule has 10 heteroatoms. The molecule has 0 spiro atoms. The molecule has 31 heavy (non-hydrogen) atoms. The van der Waals surface area contributed by atoms with Gasteiger partial charge in [-0.3, -0.25) is 14.3 Å². The first-order valence-electron chi connectivity index (χ1n) is 10.3. The number of aryl methyl sites for hydroxylation is 1. The first-order valence-corrected chi connectivity index (χ1v) is 11.1. The zero-order valence-electron chi connectivity index (χ0n) is 16.8. The van der Waals surface area contributed by atoms with E-state index in [-0.39, 0.29) is 29.8 Å². The molecule has 0 aliphatic heterocycles. The molecule has 5 rings (SSSR count). The summed E-state index contributed by atoms with van der Waals surface area (Å²) < 4.78 is 45.7. The number of hydrogen-bond donors (Lipinski definition) is 3. The number of aliphatic hydroxyl groups excluding tert-OH is 1. The molecule has 1 fully saturated rings. The fourth-order valence-electron chi connectivity index (χ4n) is 4.95. The monoisotopic (exact) mass is 453 g/mol. The highest BCUT2D eigenvalue weighted by Gasteiger charge is 2.46.